The van der Waals surface area contributed by atoms with E-state index in [2.05, 4.69) is 0 Å². The van der Waals surface area contributed by atoms with Crippen LogP contribution in [0.15, 0.2) is 30.3 Å². The molecule has 0 saturated heterocycles. The number of carbonyl (C=O) groups is 1. The molecule has 1 atom stereocenters. The monoisotopic (exact) mass is 264 g/mol. The molecular formula is C15H20O2S. The molecule has 0 heterocycles. The lowest BCUT2D eigenvalue weighted by atomic mass is 10.0. The van der Waals surface area contributed by atoms with Crippen molar-refractivity contribution in [3.05, 3.63) is 35.9 Å². The van der Waals surface area contributed by atoms with Crippen LogP contribution >= 0.6 is 11.8 Å². The van der Waals surface area contributed by atoms with Crippen LogP contribution in [0.1, 0.15) is 42.9 Å². The summed E-state index contributed by atoms with van der Waals surface area (Å²) in [4.78, 5) is 11.9. The topological polar surface area (TPSA) is 26.3 Å². The highest BCUT2D eigenvalue weighted by Crippen LogP contribution is 2.39. The first-order valence-corrected chi connectivity index (χ1v) is 7.54. The van der Waals surface area contributed by atoms with Crippen molar-refractivity contribution in [1.29, 1.82) is 0 Å². The summed E-state index contributed by atoms with van der Waals surface area (Å²) in [6, 6.07) is 9.96. The molecule has 1 aliphatic rings. The molecule has 0 aliphatic heterocycles. The normalized spacial score (nSPS) is 18.3. The number of benzene rings is 1. The second-order valence-electron chi connectivity index (χ2n) is 4.71. The third-order valence-corrected chi connectivity index (χ3v) is 4.99. The van der Waals surface area contributed by atoms with Gasteiger partial charge in [0.05, 0.1) is 7.11 Å². The Morgan fingerprint density at radius 1 is 1.22 bits per heavy atom. The molecule has 1 unspecified atom stereocenters. The van der Waals surface area contributed by atoms with Crippen LogP contribution in [0.5, 0.6) is 0 Å². The van der Waals surface area contributed by atoms with Gasteiger partial charge < -0.3 is 4.74 Å². The smallest absolute Gasteiger partial charge is 0.323 e. The Bertz CT molecular complexity index is 371. The molecule has 1 aromatic carbocycles. The van der Waals surface area contributed by atoms with Gasteiger partial charge in [-0.3, -0.25) is 4.79 Å². The minimum atomic E-state index is -0.167. The lowest BCUT2D eigenvalue weighted by molar-refractivity contribution is -0.140. The van der Waals surface area contributed by atoms with Crippen LogP contribution in [0.2, 0.25) is 0 Å². The van der Waals surface area contributed by atoms with Crippen LogP contribution in [0.3, 0.4) is 0 Å². The molecule has 18 heavy (non-hydrogen) atoms. The lowest BCUT2D eigenvalue weighted by Gasteiger charge is -2.25. The van der Waals surface area contributed by atoms with Crippen molar-refractivity contribution in [2.24, 2.45) is 0 Å². The highest BCUT2D eigenvalue weighted by molar-refractivity contribution is 8.00. The summed E-state index contributed by atoms with van der Waals surface area (Å²) in [6.45, 7) is 0. The van der Waals surface area contributed by atoms with Gasteiger partial charge in [0.2, 0.25) is 0 Å². The summed E-state index contributed by atoms with van der Waals surface area (Å²) in [7, 11) is 1.47. The zero-order chi connectivity index (χ0) is 12.8. The van der Waals surface area contributed by atoms with E-state index in [0.29, 0.717) is 5.25 Å². The van der Waals surface area contributed by atoms with Crippen molar-refractivity contribution < 1.29 is 9.53 Å². The van der Waals surface area contributed by atoms with Crippen molar-refractivity contribution >= 4 is 17.7 Å². The number of hydrogen-bond donors (Lipinski definition) is 0. The molecule has 1 saturated carbocycles. The van der Waals surface area contributed by atoms with Gasteiger partial charge in [0.1, 0.15) is 5.25 Å². The zero-order valence-corrected chi connectivity index (χ0v) is 11.6. The third kappa shape index (κ3) is 3.52. The van der Waals surface area contributed by atoms with Gasteiger partial charge in [0.25, 0.3) is 0 Å². The molecule has 0 amide bonds. The molecule has 0 radical (unpaired) electrons. The first-order chi connectivity index (χ1) is 8.81. The molecule has 1 aromatic rings. The summed E-state index contributed by atoms with van der Waals surface area (Å²) in [6.07, 6.45) is 6.38. The van der Waals surface area contributed by atoms with Gasteiger partial charge in [-0.25, -0.2) is 0 Å². The standard InChI is InChI=1S/C15H20O2S/c1-17-15(16)14(12-8-4-2-5-9-12)18-13-10-6-3-7-11-13/h2,4-5,8-9,13-14H,3,6-7,10-11H2,1H3. The van der Waals surface area contributed by atoms with E-state index in [1.165, 1.54) is 39.2 Å². The maximum absolute atomic E-state index is 11.9. The van der Waals surface area contributed by atoms with Crippen LogP contribution in [0.4, 0.5) is 0 Å². The van der Waals surface area contributed by atoms with Crippen molar-refractivity contribution in [3.63, 3.8) is 0 Å². The first-order valence-electron chi connectivity index (χ1n) is 6.59. The number of thioether (sulfide) groups is 1. The van der Waals surface area contributed by atoms with Crippen molar-refractivity contribution in [3.8, 4) is 0 Å². The lowest BCUT2D eigenvalue weighted by Crippen LogP contribution is -2.17. The van der Waals surface area contributed by atoms with E-state index in [4.69, 9.17) is 4.74 Å². The minimum absolute atomic E-state index is 0.128. The molecule has 1 aliphatic carbocycles. The molecule has 1 fully saturated rings. The quantitative estimate of drug-likeness (QED) is 0.770. The molecule has 0 aromatic heterocycles. The van der Waals surface area contributed by atoms with Crippen molar-refractivity contribution in [2.75, 3.05) is 7.11 Å². The van der Waals surface area contributed by atoms with Crippen LogP contribution in [0, 0.1) is 0 Å². The Kier molecular flexibility index (Phi) is 5.12. The second-order valence-corrected chi connectivity index (χ2v) is 6.12. The molecule has 2 rings (SSSR count). The van der Waals surface area contributed by atoms with E-state index in [0.717, 1.165) is 5.56 Å². The minimum Gasteiger partial charge on any atom is -0.468 e. The summed E-state index contributed by atoms with van der Waals surface area (Å²) < 4.78 is 4.95. The van der Waals surface area contributed by atoms with Gasteiger partial charge in [-0.1, -0.05) is 49.6 Å². The van der Waals surface area contributed by atoms with E-state index >= 15 is 0 Å². The Hall–Kier alpha value is -0.960. The number of rotatable bonds is 4. The van der Waals surface area contributed by atoms with Gasteiger partial charge in [0.15, 0.2) is 0 Å². The van der Waals surface area contributed by atoms with E-state index < -0.39 is 0 Å². The highest BCUT2D eigenvalue weighted by atomic mass is 32.2. The van der Waals surface area contributed by atoms with Gasteiger partial charge in [-0.05, 0) is 18.4 Å². The van der Waals surface area contributed by atoms with Crippen LogP contribution in [0.25, 0.3) is 0 Å². The van der Waals surface area contributed by atoms with Crippen LogP contribution in [-0.2, 0) is 9.53 Å². The fourth-order valence-corrected chi connectivity index (χ4v) is 3.91. The summed E-state index contributed by atoms with van der Waals surface area (Å²) in [5.74, 6) is -0.128. The predicted molar refractivity (Wildman–Crippen MR) is 75.7 cm³/mol. The van der Waals surface area contributed by atoms with Gasteiger partial charge in [-0.2, -0.15) is 0 Å². The number of methoxy groups -OCH3 is 1. The molecule has 98 valence electrons. The van der Waals surface area contributed by atoms with E-state index in [1.807, 2.05) is 30.3 Å². The van der Waals surface area contributed by atoms with E-state index in [-0.39, 0.29) is 11.2 Å². The van der Waals surface area contributed by atoms with Crippen molar-refractivity contribution in [1.82, 2.24) is 0 Å². The maximum Gasteiger partial charge on any atom is 0.323 e. The largest absolute Gasteiger partial charge is 0.468 e. The maximum atomic E-state index is 11.9. The molecule has 2 nitrogen and oxygen atoms in total. The van der Waals surface area contributed by atoms with Crippen molar-refractivity contribution in [2.45, 2.75) is 42.6 Å². The Balaban J connectivity index is 2.07. The second kappa shape index (κ2) is 6.83. The van der Waals surface area contributed by atoms with E-state index in [1.54, 1.807) is 11.8 Å². The number of esters is 1. The summed E-state index contributed by atoms with van der Waals surface area (Å²) in [5.41, 5.74) is 1.06. The SMILES string of the molecule is COC(=O)C(SC1CCCCC1)c1ccccc1. The molecular weight excluding hydrogens is 244 g/mol. The first kappa shape index (κ1) is 13.5. The molecule has 3 heteroatoms. The summed E-state index contributed by atoms with van der Waals surface area (Å²) >= 11 is 1.78. The fraction of sp³-hybridized carbons (Fsp3) is 0.533. The molecule has 0 bridgehead atoms. The molecule has 0 spiro atoms. The number of hydrogen-bond acceptors (Lipinski definition) is 3. The van der Waals surface area contributed by atoms with Gasteiger partial charge in [-0.15, -0.1) is 11.8 Å². The van der Waals surface area contributed by atoms with Gasteiger partial charge >= 0.3 is 5.97 Å². The number of carbonyl (C=O) groups excluding carboxylic acids is 1. The fourth-order valence-electron chi connectivity index (χ4n) is 2.40. The Morgan fingerprint density at radius 3 is 2.50 bits per heavy atom. The number of ether oxygens (including phenoxy) is 1. The molecule has 0 N–H and O–H groups in total. The van der Waals surface area contributed by atoms with Crippen LogP contribution in [-0.4, -0.2) is 18.3 Å². The van der Waals surface area contributed by atoms with Gasteiger partial charge in [0, 0.05) is 5.25 Å². The highest BCUT2D eigenvalue weighted by Gasteiger charge is 2.26. The average Bonchev–Trinajstić information content (AvgIpc) is 2.46. The van der Waals surface area contributed by atoms with Crippen LogP contribution < -0.4 is 0 Å². The predicted octanol–water partition coefficient (Wildman–Crippen LogP) is 3.97. The Labute approximate surface area is 113 Å². The summed E-state index contributed by atoms with van der Waals surface area (Å²) in [5, 5.41) is 0.433. The third-order valence-electron chi connectivity index (χ3n) is 3.40. The average molecular weight is 264 g/mol. The van der Waals surface area contributed by atoms with E-state index in [9.17, 15) is 4.79 Å². The Morgan fingerprint density at radius 2 is 1.89 bits per heavy atom. The zero-order valence-electron chi connectivity index (χ0n) is 10.8.